The monoisotopic (exact) mass is 539 g/mol. The zero-order valence-corrected chi connectivity index (χ0v) is 23.0. The summed E-state index contributed by atoms with van der Waals surface area (Å²) in [5, 5.41) is 2.79. The van der Waals surface area contributed by atoms with E-state index in [2.05, 4.69) is 5.32 Å². The second kappa shape index (κ2) is 12.7. The second-order valence-corrected chi connectivity index (χ2v) is 11.1. The number of aryl methyl sites for hydroxylation is 2. The summed E-state index contributed by atoms with van der Waals surface area (Å²) in [5.74, 6) is -1.34. The molecule has 9 heteroatoms. The normalized spacial score (nSPS) is 12.0. The minimum absolute atomic E-state index is 0.00597. The summed E-state index contributed by atoms with van der Waals surface area (Å²) in [7, 11) is -4.12. The van der Waals surface area contributed by atoms with Crippen LogP contribution in [0.25, 0.3) is 0 Å². The number of benzene rings is 3. The van der Waals surface area contributed by atoms with Crippen LogP contribution >= 0.6 is 0 Å². The summed E-state index contributed by atoms with van der Waals surface area (Å²) >= 11 is 0. The first-order valence-corrected chi connectivity index (χ1v) is 13.9. The highest BCUT2D eigenvalue weighted by atomic mass is 32.2. The molecule has 0 aliphatic heterocycles. The van der Waals surface area contributed by atoms with Gasteiger partial charge >= 0.3 is 0 Å². The largest absolute Gasteiger partial charge is 0.354 e. The fourth-order valence-electron chi connectivity index (χ4n) is 3.96. The zero-order valence-electron chi connectivity index (χ0n) is 22.1. The number of para-hydroxylation sites is 1. The lowest BCUT2D eigenvalue weighted by Gasteiger charge is -2.32. The van der Waals surface area contributed by atoms with Crippen LogP contribution in [-0.2, 0) is 26.2 Å². The number of hydrogen-bond acceptors (Lipinski definition) is 4. The Morgan fingerprint density at radius 1 is 0.947 bits per heavy atom. The molecule has 0 heterocycles. The molecule has 0 bridgehead atoms. The fraction of sp³-hybridized carbons (Fsp3) is 0.310. The molecule has 0 aromatic heterocycles. The molecule has 0 aliphatic carbocycles. The smallest absolute Gasteiger partial charge is 0.264 e. The molecule has 0 radical (unpaired) electrons. The Kier molecular flexibility index (Phi) is 9.63. The number of sulfonamides is 1. The number of rotatable bonds is 11. The molecule has 38 heavy (non-hydrogen) atoms. The Labute approximate surface area is 224 Å². The van der Waals surface area contributed by atoms with Gasteiger partial charge in [-0.1, -0.05) is 55.0 Å². The van der Waals surface area contributed by atoms with Gasteiger partial charge in [-0.25, -0.2) is 12.8 Å². The Bertz CT molecular complexity index is 1360. The van der Waals surface area contributed by atoms with Gasteiger partial charge in [0.25, 0.3) is 10.0 Å². The van der Waals surface area contributed by atoms with Gasteiger partial charge in [0.15, 0.2) is 0 Å². The first kappa shape index (κ1) is 28.8. The van der Waals surface area contributed by atoms with E-state index in [-0.39, 0.29) is 17.3 Å². The van der Waals surface area contributed by atoms with Gasteiger partial charge in [0.2, 0.25) is 11.8 Å². The third kappa shape index (κ3) is 6.98. The van der Waals surface area contributed by atoms with E-state index in [1.807, 2.05) is 13.8 Å². The van der Waals surface area contributed by atoms with E-state index in [1.54, 1.807) is 50.2 Å². The van der Waals surface area contributed by atoms with E-state index in [0.29, 0.717) is 23.4 Å². The van der Waals surface area contributed by atoms with E-state index < -0.39 is 34.3 Å². The van der Waals surface area contributed by atoms with Gasteiger partial charge in [0, 0.05) is 13.1 Å². The number of anilines is 1. The maximum Gasteiger partial charge on any atom is 0.264 e. The predicted molar refractivity (Wildman–Crippen MR) is 147 cm³/mol. The van der Waals surface area contributed by atoms with Crippen molar-refractivity contribution in [3.8, 4) is 0 Å². The molecule has 1 atom stereocenters. The lowest BCUT2D eigenvalue weighted by molar-refractivity contribution is -0.139. The Morgan fingerprint density at radius 3 is 2.18 bits per heavy atom. The molecule has 7 nitrogen and oxygen atoms in total. The molecule has 1 N–H and O–H groups in total. The van der Waals surface area contributed by atoms with Crippen LogP contribution in [0.4, 0.5) is 10.1 Å². The summed E-state index contributed by atoms with van der Waals surface area (Å²) < 4.78 is 42.3. The molecular formula is C29H34FN3O4S. The number of nitrogens with one attached hydrogen (secondary N) is 1. The number of nitrogens with zero attached hydrogens (tertiary/aromatic N) is 2. The molecule has 0 aliphatic rings. The van der Waals surface area contributed by atoms with Crippen LogP contribution in [0, 0.1) is 19.7 Å². The molecule has 202 valence electrons. The lowest BCUT2D eigenvalue weighted by Crippen LogP contribution is -2.51. The molecule has 1 unspecified atom stereocenters. The van der Waals surface area contributed by atoms with Crippen LogP contribution in [0.1, 0.15) is 37.0 Å². The fourth-order valence-corrected chi connectivity index (χ4v) is 5.44. The topological polar surface area (TPSA) is 86.8 Å². The molecule has 3 rings (SSSR count). The number of carbonyl (C=O) groups excluding carboxylic acids is 2. The average Bonchev–Trinajstić information content (AvgIpc) is 2.90. The first-order valence-electron chi connectivity index (χ1n) is 12.5. The number of hydrogen-bond donors (Lipinski definition) is 1. The van der Waals surface area contributed by atoms with Gasteiger partial charge in [-0.3, -0.25) is 13.9 Å². The minimum Gasteiger partial charge on any atom is -0.354 e. The van der Waals surface area contributed by atoms with Crippen molar-refractivity contribution in [3.05, 3.63) is 95.3 Å². The van der Waals surface area contributed by atoms with Crippen molar-refractivity contribution in [2.45, 2.75) is 51.6 Å². The van der Waals surface area contributed by atoms with Gasteiger partial charge in [0.1, 0.15) is 18.4 Å². The van der Waals surface area contributed by atoms with Crippen molar-refractivity contribution >= 4 is 27.5 Å². The zero-order chi connectivity index (χ0) is 27.9. The van der Waals surface area contributed by atoms with Gasteiger partial charge in [0.05, 0.1) is 10.6 Å². The number of carbonyl (C=O) groups is 2. The first-order chi connectivity index (χ1) is 18.0. The van der Waals surface area contributed by atoms with Gasteiger partial charge in [-0.05, 0) is 68.7 Å². The Hall–Kier alpha value is -3.72. The highest BCUT2D eigenvalue weighted by molar-refractivity contribution is 7.92. The lowest BCUT2D eigenvalue weighted by atomic mass is 10.1. The summed E-state index contributed by atoms with van der Waals surface area (Å²) in [4.78, 5) is 28.1. The third-order valence-electron chi connectivity index (χ3n) is 6.25. The van der Waals surface area contributed by atoms with E-state index in [4.69, 9.17) is 0 Å². The maximum atomic E-state index is 13.8. The maximum absolute atomic E-state index is 13.8. The van der Waals surface area contributed by atoms with Crippen LogP contribution in [0.3, 0.4) is 0 Å². The molecule has 0 saturated heterocycles. The van der Waals surface area contributed by atoms with Gasteiger partial charge in [-0.15, -0.1) is 0 Å². The SMILES string of the molecule is CCCNC(=O)C(C)N(Cc1ccc(F)cc1)C(=O)CN(c1ccccc1C)S(=O)(=O)c1ccc(C)cc1. The number of amides is 2. The highest BCUT2D eigenvalue weighted by Crippen LogP contribution is 2.27. The Morgan fingerprint density at radius 2 is 1.58 bits per heavy atom. The highest BCUT2D eigenvalue weighted by Gasteiger charge is 2.33. The van der Waals surface area contributed by atoms with Crippen LogP contribution in [-0.4, -0.2) is 44.3 Å². The molecule has 0 spiro atoms. The van der Waals surface area contributed by atoms with Crippen LogP contribution < -0.4 is 9.62 Å². The van der Waals surface area contributed by atoms with Crippen LogP contribution in [0.2, 0.25) is 0 Å². The van der Waals surface area contributed by atoms with Crippen LogP contribution in [0.15, 0.2) is 77.7 Å². The standard InChI is InChI=1S/C29H34FN3O4S/c1-5-18-31-29(35)23(4)32(19-24-12-14-25(30)15-13-24)28(34)20-33(27-9-7-6-8-22(27)3)38(36,37)26-16-10-21(2)11-17-26/h6-17,23H,5,18-20H2,1-4H3,(H,31,35). The van der Waals surface area contributed by atoms with Crippen molar-refractivity contribution in [3.63, 3.8) is 0 Å². The van der Waals surface area contributed by atoms with E-state index >= 15 is 0 Å². The summed E-state index contributed by atoms with van der Waals surface area (Å²) in [6, 6.07) is 18.1. The van der Waals surface area contributed by atoms with Crippen molar-refractivity contribution < 1.29 is 22.4 Å². The predicted octanol–water partition coefficient (Wildman–Crippen LogP) is 4.58. The average molecular weight is 540 g/mol. The van der Waals surface area contributed by atoms with E-state index in [9.17, 15) is 22.4 Å². The van der Waals surface area contributed by atoms with E-state index in [0.717, 1.165) is 16.3 Å². The third-order valence-corrected chi connectivity index (χ3v) is 8.03. The second-order valence-electron chi connectivity index (χ2n) is 9.23. The number of halogens is 1. The minimum atomic E-state index is -4.12. The molecule has 3 aromatic carbocycles. The summed E-state index contributed by atoms with van der Waals surface area (Å²) in [6.45, 7) is 7.08. The molecule has 0 fully saturated rings. The molecule has 0 saturated carbocycles. The van der Waals surface area contributed by atoms with E-state index in [1.165, 1.54) is 41.3 Å². The quantitative estimate of drug-likeness (QED) is 0.387. The summed E-state index contributed by atoms with van der Waals surface area (Å²) in [5.41, 5.74) is 2.56. The molecule has 3 aromatic rings. The molecule has 2 amide bonds. The van der Waals surface area contributed by atoms with Crippen molar-refractivity contribution in [1.82, 2.24) is 10.2 Å². The van der Waals surface area contributed by atoms with Crippen molar-refractivity contribution in [2.75, 3.05) is 17.4 Å². The van der Waals surface area contributed by atoms with Gasteiger partial charge in [-0.2, -0.15) is 0 Å². The van der Waals surface area contributed by atoms with Crippen LogP contribution in [0.5, 0.6) is 0 Å². The summed E-state index contributed by atoms with van der Waals surface area (Å²) in [6.07, 6.45) is 0.722. The molecular weight excluding hydrogens is 505 g/mol. The van der Waals surface area contributed by atoms with Crippen molar-refractivity contribution in [1.29, 1.82) is 0 Å². The Balaban J connectivity index is 2.02. The van der Waals surface area contributed by atoms with Gasteiger partial charge < -0.3 is 10.2 Å². The van der Waals surface area contributed by atoms with Crippen molar-refractivity contribution in [2.24, 2.45) is 0 Å².